The van der Waals surface area contributed by atoms with E-state index in [0.29, 0.717) is 0 Å². The molecule has 118 valence electrons. The first-order valence-corrected chi connectivity index (χ1v) is 7.09. The normalized spacial score (nSPS) is 14.4. The van der Waals surface area contributed by atoms with Gasteiger partial charge in [0.2, 0.25) is 0 Å². The fourth-order valence-electron chi connectivity index (χ4n) is 2.33. The predicted molar refractivity (Wildman–Crippen MR) is 93.0 cm³/mol. The van der Waals surface area contributed by atoms with Crippen LogP contribution in [0, 0.1) is 6.92 Å². The smallest absolute Gasteiger partial charge is 0.250 e. The first kappa shape index (κ1) is 17.7. The van der Waals surface area contributed by atoms with Crippen LogP contribution in [0.5, 0.6) is 0 Å². The standard InChI is InChI=1S/C18H24N2O2/c1-6-9-11-15-13(4)14(8-3)16(10-7-2)20(15)12-18(5,22)17(19)21/h6-11,22H,1,3,12H2,2,4-5H3,(H2,19,21)/b10-7-,11-9-/t18-/m0/s1. The number of allylic oxidation sites excluding steroid dienone is 3. The van der Waals surface area contributed by atoms with Gasteiger partial charge in [0.1, 0.15) is 0 Å². The highest BCUT2D eigenvalue weighted by Crippen LogP contribution is 2.28. The number of hydrogen-bond acceptors (Lipinski definition) is 2. The zero-order valence-corrected chi connectivity index (χ0v) is 13.5. The average molecular weight is 300 g/mol. The van der Waals surface area contributed by atoms with Gasteiger partial charge >= 0.3 is 0 Å². The zero-order valence-electron chi connectivity index (χ0n) is 13.5. The number of aromatic nitrogens is 1. The maximum absolute atomic E-state index is 11.5. The molecule has 1 atom stereocenters. The summed E-state index contributed by atoms with van der Waals surface area (Å²) in [4.78, 5) is 11.5. The van der Waals surface area contributed by atoms with Gasteiger partial charge in [-0.25, -0.2) is 0 Å². The molecule has 0 unspecified atom stereocenters. The molecule has 0 aliphatic heterocycles. The van der Waals surface area contributed by atoms with E-state index in [9.17, 15) is 9.90 Å². The van der Waals surface area contributed by atoms with Gasteiger partial charge in [-0.2, -0.15) is 0 Å². The first-order valence-electron chi connectivity index (χ1n) is 7.09. The van der Waals surface area contributed by atoms with Crippen molar-refractivity contribution in [1.82, 2.24) is 4.57 Å². The monoisotopic (exact) mass is 300 g/mol. The molecule has 0 aliphatic carbocycles. The second-order valence-corrected chi connectivity index (χ2v) is 5.33. The van der Waals surface area contributed by atoms with Crippen LogP contribution in [0.25, 0.3) is 18.2 Å². The van der Waals surface area contributed by atoms with Crippen LogP contribution in [-0.4, -0.2) is 21.2 Å². The SMILES string of the molecule is C=C/C=C\c1c(C)c(C=C)c(/C=C\C)n1C[C@](C)(O)C(N)=O. The highest BCUT2D eigenvalue weighted by molar-refractivity contribution is 5.83. The minimum absolute atomic E-state index is 0.0630. The highest BCUT2D eigenvalue weighted by atomic mass is 16.3. The Balaban J connectivity index is 3.62. The number of rotatable bonds is 7. The van der Waals surface area contributed by atoms with E-state index in [2.05, 4.69) is 13.2 Å². The summed E-state index contributed by atoms with van der Waals surface area (Å²) in [5, 5.41) is 10.3. The Morgan fingerprint density at radius 1 is 1.36 bits per heavy atom. The fourth-order valence-corrected chi connectivity index (χ4v) is 2.33. The second kappa shape index (κ2) is 7.09. The zero-order chi connectivity index (χ0) is 16.9. The molecule has 0 spiro atoms. The van der Waals surface area contributed by atoms with Crippen molar-refractivity contribution in [1.29, 1.82) is 0 Å². The number of carbonyl (C=O) groups is 1. The van der Waals surface area contributed by atoms with Gasteiger partial charge in [-0.1, -0.05) is 37.5 Å². The lowest BCUT2D eigenvalue weighted by atomic mass is 10.1. The van der Waals surface area contributed by atoms with Crippen LogP contribution < -0.4 is 5.73 Å². The van der Waals surface area contributed by atoms with Crippen molar-refractivity contribution in [3.8, 4) is 0 Å². The molecule has 0 bridgehead atoms. The molecule has 1 aromatic rings. The number of hydrogen-bond donors (Lipinski definition) is 2. The molecule has 0 saturated heterocycles. The van der Waals surface area contributed by atoms with Gasteiger partial charge in [0.05, 0.1) is 6.54 Å². The van der Waals surface area contributed by atoms with Crippen LogP contribution in [0.15, 0.2) is 31.4 Å². The third-order valence-corrected chi connectivity index (χ3v) is 3.56. The summed E-state index contributed by atoms with van der Waals surface area (Å²) >= 11 is 0. The minimum atomic E-state index is -1.64. The summed E-state index contributed by atoms with van der Waals surface area (Å²) in [6, 6.07) is 0. The van der Waals surface area contributed by atoms with Crippen molar-refractivity contribution in [2.45, 2.75) is 32.9 Å². The van der Waals surface area contributed by atoms with Gasteiger partial charge in [0.25, 0.3) is 5.91 Å². The minimum Gasteiger partial charge on any atom is -0.378 e. The summed E-state index contributed by atoms with van der Waals surface area (Å²) in [5.74, 6) is -0.760. The van der Waals surface area contributed by atoms with Crippen molar-refractivity contribution < 1.29 is 9.90 Å². The Labute approximate surface area is 131 Å². The van der Waals surface area contributed by atoms with Gasteiger partial charge in [0.15, 0.2) is 5.60 Å². The molecule has 0 saturated carbocycles. The number of aliphatic hydroxyl groups is 1. The second-order valence-electron chi connectivity index (χ2n) is 5.33. The maximum atomic E-state index is 11.5. The van der Waals surface area contributed by atoms with Crippen molar-refractivity contribution >= 4 is 24.1 Å². The molecule has 4 nitrogen and oxygen atoms in total. The molecule has 3 N–H and O–H groups in total. The molecule has 1 aromatic heterocycles. The summed E-state index contributed by atoms with van der Waals surface area (Å²) in [6.07, 6.45) is 11.0. The Hall–Kier alpha value is -2.33. The molecule has 4 heteroatoms. The lowest BCUT2D eigenvalue weighted by molar-refractivity contribution is -0.135. The lowest BCUT2D eigenvalue weighted by Gasteiger charge is -2.22. The van der Waals surface area contributed by atoms with E-state index in [-0.39, 0.29) is 6.54 Å². The summed E-state index contributed by atoms with van der Waals surface area (Å²) < 4.78 is 1.87. The number of nitrogens with zero attached hydrogens (tertiary/aromatic N) is 1. The van der Waals surface area contributed by atoms with Gasteiger partial charge in [0, 0.05) is 17.0 Å². The molecule has 1 rings (SSSR count). The van der Waals surface area contributed by atoms with E-state index in [1.807, 2.05) is 42.7 Å². The predicted octanol–water partition coefficient (Wildman–Crippen LogP) is 2.91. The van der Waals surface area contributed by atoms with Crippen LogP contribution in [0.3, 0.4) is 0 Å². The highest BCUT2D eigenvalue weighted by Gasteiger charge is 2.30. The number of amides is 1. The lowest BCUT2D eigenvalue weighted by Crippen LogP contribution is -2.44. The van der Waals surface area contributed by atoms with Crippen molar-refractivity contribution in [2.24, 2.45) is 5.73 Å². The summed E-state index contributed by atoms with van der Waals surface area (Å²) in [6.45, 7) is 12.9. The largest absolute Gasteiger partial charge is 0.378 e. The molecule has 0 aromatic carbocycles. The maximum Gasteiger partial charge on any atom is 0.250 e. The van der Waals surface area contributed by atoms with Gasteiger partial charge in [-0.15, -0.1) is 0 Å². The summed E-state index contributed by atoms with van der Waals surface area (Å²) in [7, 11) is 0. The Kier molecular flexibility index (Phi) is 5.71. The van der Waals surface area contributed by atoms with E-state index in [4.69, 9.17) is 5.73 Å². The molecule has 0 fully saturated rings. The van der Waals surface area contributed by atoms with Crippen LogP contribution in [-0.2, 0) is 11.3 Å². The number of nitrogens with two attached hydrogens (primary N) is 1. The molecule has 1 amide bonds. The van der Waals surface area contributed by atoms with Gasteiger partial charge in [-0.05, 0) is 38.5 Å². The van der Waals surface area contributed by atoms with E-state index in [1.165, 1.54) is 6.92 Å². The Bertz CT molecular complexity index is 647. The van der Waals surface area contributed by atoms with Crippen LogP contribution in [0.1, 0.15) is 36.4 Å². The van der Waals surface area contributed by atoms with Crippen LogP contribution in [0.4, 0.5) is 0 Å². The van der Waals surface area contributed by atoms with Crippen molar-refractivity contribution in [3.63, 3.8) is 0 Å². The third-order valence-electron chi connectivity index (χ3n) is 3.56. The molecular weight excluding hydrogens is 276 g/mol. The van der Waals surface area contributed by atoms with E-state index in [0.717, 1.165) is 22.5 Å². The topological polar surface area (TPSA) is 68.2 Å². The van der Waals surface area contributed by atoms with Crippen molar-refractivity contribution in [2.75, 3.05) is 0 Å². The first-order chi connectivity index (χ1) is 10.3. The number of primary amides is 1. The van der Waals surface area contributed by atoms with Crippen LogP contribution >= 0.6 is 0 Å². The summed E-state index contributed by atoms with van der Waals surface area (Å²) in [5.41, 5.74) is 7.38. The van der Waals surface area contributed by atoms with E-state index >= 15 is 0 Å². The number of carbonyl (C=O) groups excluding carboxylic acids is 1. The van der Waals surface area contributed by atoms with Gasteiger partial charge in [-0.3, -0.25) is 4.79 Å². The molecule has 0 aliphatic rings. The van der Waals surface area contributed by atoms with Gasteiger partial charge < -0.3 is 15.4 Å². The van der Waals surface area contributed by atoms with Crippen LogP contribution in [0.2, 0.25) is 0 Å². The molecule has 22 heavy (non-hydrogen) atoms. The Morgan fingerprint density at radius 2 is 2.00 bits per heavy atom. The molecular formula is C18H24N2O2. The molecule has 1 heterocycles. The quantitative estimate of drug-likeness (QED) is 0.760. The fraction of sp³-hybridized carbons (Fsp3) is 0.278. The van der Waals surface area contributed by atoms with E-state index < -0.39 is 11.5 Å². The van der Waals surface area contributed by atoms with Crippen molar-refractivity contribution in [3.05, 3.63) is 53.9 Å². The third kappa shape index (κ3) is 3.46. The molecule has 0 radical (unpaired) electrons. The Morgan fingerprint density at radius 3 is 2.45 bits per heavy atom. The van der Waals surface area contributed by atoms with E-state index in [1.54, 1.807) is 12.2 Å². The average Bonchev–Trinajstić information content (AvgIpc) is 2.68.